The Bertz CT molecular complexity index is 168. The maximum atomic E-state index is 11.2. The topological polar surface area (TPSA) is 32.3 Å². The van der Waals surface area contributed by atoms with Gasteiger partial charge in [0.15, 0.2) is 0 Å². The Morgan fingerprint density at radius 2 is 2.33 bits per heavy atom. The molecular weight excluding hydrogens is 152 g/mol. The van der Waals surface area contributed by atoms with Crippen LogP contribution in [0.3, 0.4) is 0 Å². The number of rotatable bonds is 3. The van der Waals surface area contributed by atoms with E-state index < -0.39 is 0 Å². The quantitative estimate of drug-likeness (QED) is 0.683. The number of carbonyl (C=O) groups is 1. The molecular formula is C9H18N2O. The molecule has 1 N–H and O–H groups in total. The molecule has 1 unspecified atom stereocenters. The molecule has 0 aromatic heterocycles. The van der Waals surface area contributed by atoms with Gasteiger partial charge in [-0.25, -0.2) is 4.79 Å². The Kier molecular flexibility index (Phi) is 2.95. The fourth-order valence-corrected chi connectivity index (χ4v) is 1.64. The molecule has 70 valence electrons. The molecule has 1 aliphatic rings. The van der Waals surface area contributed by atoms with Crippen LogP contribution in [0.1, 0.15) is 27.2 Å². The molecule has 0 saturated carbocycles. The van der Waals surface area contributed by atoms with Gasteiger partial charge in [0.2, 0.25) is 0 Å². The molecule has 1 atom stereocenters. The predicted molar refractivity (Wildman–Crippen MR) is 49.0 cm³/mol. The minimum atomic E-state index is 0.100. The van der Waals surface area contributed by atoms with Crippen LogP contribution in [0.25, 0.3) is 0 Å². The molecule has 2 amide bonds. The van der Waals surface area contributed by atoms with E-state index >= 15 is 0 Å². The van der Waals surface area contributed by atoms with E-state index in [1.807, 2.05) is 11.8 Å². The molecule has 0 aromatic carbocycles. The van der Waals surface area contributed by atoms with Crippen molar-refractivity contribution in [1.29, 1.82) is 0 Å². The second-order valence-electron chi connectivity index (χ2n) is 3.81. The highest BCUT2D eigenvalue weighted by Gasteiger charge is 2.27. The lowest BCUT2D eigenvalue weighted by molar-refractivity contribution is 0.219. The van der Waals surface area contributed by atoms with Gasteiger partial charge in [0.25, 0.3) is 0 Å². The average Bonchev–Trinajstić information content (AvgIpc) is 2.29. The summed E-state index contributed by atoms with van der Waals surface area (Å²) >= 11 is 0. The molecule has 0 radical (unpaired) electrons. The Labute approximate surface area is 74.1 Å². The first kappa shape index (κ1) is 9.36. The van der Waals surface area contributed by atoms with Crippen LogP contribution in [0, 0.1) is 5.92 Å². The summed E-state index contributed by atoms with van der Waals surface area (Å²) in [6.07, 6.45) is 1.09. The number of hydrogen-bond donors (Lipinski definition) is 1. The lowest BCUT2D eigenvalue weighted by Gasteiger charge is -2.12. The Morgan fingerprint density at radius 3 is 2.75 bits per heavy atom. The minimum Gasteiger partial charge on any atom is -0.333 e. The third kappa shape index (κ3) is 2.13. The van der Waals surface area contributed by atoms with Gasteiger partial charge in [0.1, 0.15) is 0 Å². The first-order valence-electron chi connectivity index (χ1n) is 4.69. The zero-order chi connectivity index (χ0) is 9.14. The summed E-state index contributed by atoms with van der Waals surface area (Å²) in [6, 6.07) is 0.473. The van der Waals surface area contributed by atoms with Crippen molar-refractivity contribution in [3.05, 3.63) is 0 Å². The van der Waals surface area contributed by atoms with Crippen LogP contribution in [0.5, 0.6) is 0 Å². The van der Waals surface area contributed by atoms with Crippen molar-refractivity contribution in [2.75, 3.05) is 13.1 Å². The SMILES string of the molecule is CCN1CC(CC(C)C)NC1=O. The lowest BCUT2D eigenvalue weighted by Crippen LogP contribution is -2.28. The van der Waals surface area contributed by atoms with E-state index in [0.29, 0.717) is 12.0 Å². The van der Waals surface area contributed by atoms with E-state index in [1.54, 1.807) is 0 Å². The number of carbonyl (C=O) groups excluding carboxylic acids is 1. The third-order valence-corrected chi connectivity index (χ3v) is 2.19. The summed E-state index contributed by atoms with van der Waals surface area (Å²) in [5.74, 6) is 0.659. The van der Waals surface area contributed by atoms with Crippen LogP contribution in [-0.2, 0) is 0 Å². The van der Waals surface area contributed by atoms with E-state index in [4.69, 9.17) is 0 Å². The highest BCUT2D eigenvalue weighted by atomic mass is 16.2. The standard InChI is InChI=1S/C9H18N2O/c1-4-11-6-8(5-7(2)3)10-9(11)12/h7-8H,4-6H2,1-3H3,(H,10,12). The van der Waals surface area contributed by atoms with Crippen LogP contribution < -0.4 is 5.32 Å². The van der Waals surface area contributed by atoms with E-state index in [1.165, 1.54) is 0 Å². The van der Waals surface area contributed by atoms with Gasteiger partial charge in [0.05, 0.1) is 0 Å². The van der Waals surface area contributed by atoms with Gasteiger partial charge in [-0.05, 0) is 19.3 Å². The van der Waals surface area contributed by atoms with E-state index in [2.05, 4.69) is 19.2 Å². The van der Waals surface area contributed by atoms with Crippen molar-refractivity contribution in [3.8, 4) is 0 Å². The zero-order valence-corrected chi connectivity index (χ0v) is 8.13. The molecule has 0 aliphatic carbocycles. The van der Waals surface area contributed by atoms with Crippen LogP contribution >= 0.6 is 0 Å². The molecule has 3 nitrogen and oxygen atoms in total. The maximum Gasteiger partial charge on any atom is 0.317 e. The highest BCUT2D eigenvalue weighted by molar-refractivity contribution is 5.76. The van der Waals surface area contributed by atoms with Gasteiger partial charge in [-0.2, -0.15) is 0 Å². The van der Waals surface area contributed by atoms with Crippen molar-refractivity contribution < 1.29 is 4.79 Å². The van der Waals surface area contributed by atoms with Crippen molar-refractivity contribution in [3.63, 3.8) is 0 Å². The summed E-state index contributed by atoms with van der Waals surface area (Å²) in [4.78, 5) is 13.1. The largest absolute Gasteiger partial charge is 0.333 e. The highest BCUT2D eigenvalue weighted by Crippen LogP contribution is 2.11. The van der Waals surface area contributed by atoms with Gasteiger partial charge in [-0.3, -0.25) is 0 Å². The summed E-state index contributed by atoms with van der Waals surface area (Å²) in [7, 11) is 0. The second-order valence-corrected chi connectivity index (χ2v) is 3.81. The summed E-state index contributed by atoms with van der Waals surface area (Å²) in [6.45, 7) is 8.08. The number of urea groups is 1. The minimum absolute atomic E-state index is 0.100. The zero-order valence-electron chi connectivity index (χ0n) is 8.13. The maximum absolute atomic E-state index is 11.2. The number of amides is 2. The average molecular weight is 170 g/mol. The summed E-state index contributed by atoms with van der Waals surface area (Å²) < 4.78 is 0. The molecule has 12 heavy (non-hydrogen) atoms. The number of likely N-dealkylation sites (N-methyl/N-ethyl adjacent to an activating group) is 1. The van der Waals surface area contributed by atoms with Crippen molar-refractivity contribution >= 4 is 6.03 Å². The number of nitrogens with one attached hydrogen (secondary N) is 1. The third-order valence-electron chi connectivity index (χ3n) is 2.19. The molecule has 1 aliphatic heterocycles. The van der Waals surface area contributed by atoms with Crippen LogP contribution in [0.2, 0.25) is 0 Å². The van der Waals surface area contributed by atoms with E-state index in [-0.39, 0.29) is 6.03 Å². The molecule has 1 rings (SSSR count). The fraction of sp³-hybridized carbons (Fsp3) is 0.889. The number of nitrogens with zero attached hydrogens (tertiary/aromatic N) is 1. The molecule has 3 heteroatoms. The van der Waals surface area contributed by atoms with Crippen molar-refractivity contribution in [2.24, 2.45) is 5.92 Å². The number of hydrogen-bond acceptors (Lipinski definition) is 1. The van der Waals surface area contributed by atoms with E-state index in [0.717, 1.165) is 19.5 Å². The van der Waals surface area contributed by atoms with Crippen LogP contribution in [-0.4, -0.2) is 30.1 Å². The first-order valence-corrected chi connectivity index (χ1v) is 4.69. The normalized spacial score (nSPS) is 23.5. The Morgan fingerprint density at radius 1 is 1.67 bits per heavy atom. The molecule has 1 fully saturated rings. The van der Waals surface area contributed by atoms with Gasteiger partial charge in [-0.15, -0.1) is 0 Å². The molecule has 0 aromatic rings. The van der Waals surface area contributed by atoms with Gasteiger partial charge in [0, 0.05) is 19.1 Å². The van der Waals surface area contributed by atoms with Crippen molar-refractivity contribution in [1.82, 2.24) is 10.2 Å². The smallest absolute Gasteiger partial charge is 0.317 e. The first-order chi connectivity index (χ1) is 5.63. The molecule has 1 heterocycles. The van der Waals surface area contributed by atoms with Crippen LogP contribution in [0.4, 0.5) is 4.79 Å². The van der Waals surface area contributed by atoms with Crippen LogP contribution in [0.15, 0.2) is 0 Å². The predicted octanol–water partition coefficient (Wildman–Crippen LogP) is 1.45. The monoisotopic (exact) mass is 170 g/mol. The fourth-order valence-electron chi connectivity index (χ4n) is 1.64. The van der Waals surface area contributed by atoms with Crippen molar-refractivity contribution in [2.45, 2.75) is 33.2 Å². The van der Waals surface area contributed by atoms with Gasteiger partial charge in [-0.1, -0.05) is 13.8 Å². The Balaban J connectivity index is 2.38. The summed E-state index contributed by atoms with van der Waals surface area (Å²) in [5, 5.41) is 2.97. The lowest BCUT2D eigenvalue weighted by atomic mass is 10.0. The van der Waals surface area contributed by atoms with E-state index in [9.17, 15) is 4.79 Å². The van der Waals surface area contributed by atoms with Gasteiger partial charge < -0.3 is 10.2 Å². The molecule has 0 bridgehead atoms. The molecule has 1 saturated heterocycles. The summed E-state index contributed by atoms with van der Waals surface area (Å²) in [5.41, 5.74) is 0. The Hall–Kier alpha value is -0.730. The second kappa shape index (κ2) is 3.78. The van der Waals surface area contributed by atoms with Gasteiger partial charge >= 0.3 is 6.03 Å². The molecule has 0 spiro atoms.